The Morgan fingerprint density at radius 1 is 1.27 bits per heavy atom. The van der Waals surface area contributed by atoms with E-state index in [0.717, 1.165) is 11.3 Å². The minimum Gasteiger partial charge on any atom is -0.497 e. The largest absolute Gasteiger partial charge is 0.497 e. The fourth-order valence-electron chi connectivity index (χ4n) is 2.09. The minimum atomic E-state index is -0.458. The highest BCUT2D eigenvalue weighted by Gasteiger charge is 2.19. The number of nitrogens with zero attached hydrogens (tertiary/aromatic N) is 2. The number of methoxy groups -OCH3 is 1. The second-order valence-electron chi connectivity index (χ2n) is 5.47. The third kappa shape index (κ3) is 4.75. The number of benzene rings is 1. The molecule has 0 saturated heterocycles. The molecule has 0 bridgehead atoms. The van der Waals surface area contributed by atoms with Gasteiger partial charge in [-0.05, 0) is 31.0 Å². The summed E-state index contributed by atoms with van der Waals surface area (Å²) in [7, 11) is 1.64. The van der Waals surface area contributed by atoms with Gasteiger partial charge in [-0.25, -0.2) is 4.98 Å². The van der Waals surface area contributed by atoms with Crippen molar-refractivity contribution >= 4 is 23.4 Å². The van der Waals surface area contributed by atoms with Gasteiger partial charge < -0.3 is 21.5 Å². The predicted octanol–water partition coefficient (Wildman–Crippen LogP) is 2.09. The Balaban J connectivity index is 1.97. The van der Waals surface area contributed by atoms with E-state index in [1.807, 2.05) is 31.2 Å². The molecular formula is C15H20ClN5O. The van der Waals surface area contributed by atoms with Crippen molar-refractivity contribution in [2.75, 3.05) is 24.7 Å². The van der Waals surface area contributed by atoms with Crippen molar-refractivity contribution in [2.45, 2.75) is 18.9 Å². The van der Waals surface area contributed by atoms with Crippen molar-refractivity contribution in [1.82, 2.24) is 9.97 Å². The molecule has 0 spiro atoms. The van der Waals surface area contributed by atoms with Gasteiger partial charge in [0.05, 0.1) is 7.11 Å². The molecule has 1 heterocycles. The molecule has 118 valence electrons. The lowest BCUT2D eigenvalue weighted by molar-refractivity contribution is 0.414. The van der Waals surface area contributed by atoms with Crippen molar-refractivity contribution in [3.63, 3.8) is 0 Å². The van der Waals surface area contributed by atoms with E-state index in [1.165, 1.54) is 0 Å². The summed E-state index contributed by atoms with van der Waals surface area (Å²) in [5, 5.41) is 3.44. The first-order chi connectivity index (χ1) is 10.4. The Hall–Kier alpha value is -2.05. The van der Waals surface area contributed by atoms with Crippen LogP contribution in [0.5, 0.6) is 5.75 Å². The second-order valence-corrected chi connectivity index (χ2v) is 5.85. The predicted molar refractivity (Wildman–Crippen MR) is 89.2 cm³/mol. The van der Waals surface area contributed by atoms with E-state index in [4.69, 9.17) is 27.8 Å². The van der Waals surface area contributed by atoms with E-state index in [1.54, 1.807) is 13.2 Å². The molecule has 0 amide bonds. The lowest BCUT2D eigenvalue weighted by Gasteiger charge is -2.25. The third-order valence-corrected chi connectivity index (χ3v) is 3.35. The summed E-state index contributed by atoms with van der Waals surface area (Å²) in [5.41, 5.74) is 12.6. The number of hydrogen-bond donors (Lipinski definition) is 3. The summed E-state index contributed by atoms with van der Waals surface area (Å²) in [6.07, 6.45) is 0.707. The summed E-state index contributed by atoms with van der Waals surface area (Å²) >= 11 is 5.84. The van der Waals surface area contributed by atoms with Crippen molar-refractivity contribution in [1.29, 1.82) is 0 Å². The fourth-order valence-corrected chi connectivity index (χ4v) is 2.28. The third-order valence-electron chi connectivity index (χ3n) is 3.15. The number of anilines is 2. The topological polar surface area (TPSA) is 99.1 Å². The molecule has 0 fully saturated rings. The highest BCUT2D eigenvalue weighted by molar-refractivity contribution is 6.29. The van der Waals surface area contributed by atoms with Gasteiger partial charge in [0.15, 0.2) is 0 Å². The van der Waals surface area contributed by atoms with Gasteiger partial charge in [0.25, 0.3) is 0 Å². The number of hydrogen-bond acceptors (Lipinski definition) is 6. The minimum absolute atomic E-state index is 0.129. The molecule has 1 atom stereocenters. The molecule has 2 rings (SSSR count). The van der Waals surface area contributed by atoms with Crippen LogP contribution >= 0.6 is 11.6 Å². The van der Waals surface area contributed by atoms with Crippen LogP contribution in [-0.2, 0) is 6.42 Å². The van der Waals surface area contributed by atoms with Crippen LogP contribution in [0.4, 0.5) is 11.8 Å². The van der Waals surface area contributed by atoms with Gasteiger partial charge in [-0.3, -0.25) is 0 Å². The highest BCUT2D eigenvalue weighted by Crippen LogP contribution is 2.17. The number of nitrogens with one attached hydrogen (secondary N) is 1. The van der Waals surface area contributed by atoms with Crippen molar-refractivity contribution in [2.24, 2.45) is 5.73 Å². The van der Waals surface area contributed by atoms with Gasteiger partial charge in [-0.1, -0.05) is 23.7 Å². The molecule has 0 saturated carbocycles. The molecule has 1 aromatic carbocycles. The Morgan fingerprint density at radius 3 is 2.55 bits per heavy atom. The maximum absolute atomic E-state index is 6.34. The maximum Gasteiger partial charge on any atom is 0.223 e. The smallest absolute Gasteiger partial charge is 0.223 e. The van der Waals surface area contributed by atoms with Crippen LogP contribution < -0.4 is 21.5 Å². The van der Waals surface area contributed by atoms with E-state index in [2.05, 4.69) is 15.3 Å². The molecule has 0 radical (unpaired) electrons. The molecule has 5 N–H and O–H groups in total. The van der Waals surface area contributed by atoms with Crippen molar-refractivity contribution in [3.05, 3.63) is 41.0 Å². The van der Waals surface area contributed by atoms with Crippen LogP contribution in [0.2, 0.25) is 5.15 Å². The average molecular weight is 322 g/mol. The molecule has 1 unspecified atom stereocenters. The number of rotatable bonds is 6. The fraction of sp³-hybridized carbons (Fsp3) is 0.333. The molecule has 0 aliphatic heterocycles. The summed E-state index contributed by atoms with van der Waals surface area (Å²) < 4.78 is 5.14. The molecule has 2 aromatic rings. The van der Waals surface area contributed by atoms with Crippen LogP contribution in [0.3, 0.4) is 0 Å². The molecular weight excluding hydrogens is 302 g/mol. The number of halogens is 1. The highest BCUT2D eigenvalue weighted by atomic mass is 35.5. The Labute approximate surface area is 134 Å². The number of nitrogens with two attached hydrogens (primary N) is 2. The van der Waals surface area contributed by atoms with Gasteiger partial charge in [-0.15, -0.1) is 0 Å². The average Bonchev–Trinajstić information content (AvgIpc) is 2.45. The normalized spacial score (nSPS) is 13.5. The van der Waals surface area contributed by atoms with Gasteiger partial charge in [0, 0.05) is 18.2 Å². The summed E-state index contributed by atoms with van der Waals surface area (Å²) in [6, 6.07) is 9.46. The number of ether oxygens (including phenoxy) is 1. The summed E-state index contributed by atoms with van der Waals surface area (Å²) in [4.78, 5) is 7.88. The van der Waals surface area contributed by atoms with Gasteiger partial charge in [0.1, 0.15) is 16.7 Å². The standard InChI is InChI=1S/C15H20ClN5O/c1-15(18,8-10-3-5-11(22-2)6-4-10)9-19-13-7-12(16)20-14(17)21-13/h3-7H,8-9,18H2,1-2H3,(H3,17,19,20,21). The van der Waals surface area contributed by atoms with Crippen LogP contribution in [0.25, 0.3) is 0 Å². The Morgan fingerprint density at radius 2 is 1.95 bits per heavy atom. The summed E-state index contributed by atoms with van der Waals surface area (Å²) in [5.74, 6) is 1.51. The van der Waals surface area contributed by atoms with E-state index >= 15 is 0 Å². The van der Waals surface area contributed by atoms with Gasteiger partial charge in [0.2, 0.25) is 5.95 Å². The molecule has 0 aliphatic rings. The quantitative estimate of drug-likeness (QED) is 0.705. The first-order valence-electron chi connectivity index (χ1n) is 6.84. The van der Waals surface area contributed by atoms with Crippen LogP contribution in [0.1, 0.15) is 12.5 Å². The summed E-state index contributed by atoms with van der Waals surface area (Å²) in [6.45, 7) is 2.49. The zero-order valence-electron chi connectivity index (χ0n) is 12.6. The van der Waals surface area contributed by atoms with E-state index in [-0.39, 0.29) is 5.95 Å². The van der Waals surface area contributed by atoms with Crippen molar-refractivity contribution < 1.29 is 4.74 Å². The molecule has 0 aliphatic carbocycles. The van der Waals surface area contributed by atoms with Crippen LogP contribution in [-0.4, -0.2) is 29.2 Å². The first-order valence-corrected chi connectivity index (χ1v) is 7.21. The number of aromatic nitrogens is 2. The molecule has 22 heavy (non-hydrogen) atoms. The second kappa shape index (κ2) is 6.81. The van der Waals surface area contributed by atoms with E-state index in [9.17, 15) is 0 Å². The Bertz CT molecular complexity index is 610. The number of nitrogen functional groups attached to an aromatic ring is 1. The zero-order valence-corrected chi connectivity index (χ0v) is 13.4. The van der Waals surface area contributed by atoms with Crippen molar-refractivity contribution in [3.8, 4) is 5.75 Å². The lowest BCUT2D eigenvalue weighted by atomic mass is 9.94. The van der Waals surface area contributed by atoms with Gasteiger partial charge in [-0.2, -0.15) is 4.98 Å². The molecule has 6 nitrogen and oxygen atoms in total. The van der Waals surface area contributed by atoms with Crippen LogP contribution in [0.15, 0.2) is 30.3 Å². The molecule has 1 aromatic heterocycles. The SMILES string of the molecule is COc1ccc(CC(C)(N)CNc2cc(Cl)nc(N)n2)cc1. The van der Waals surface area contributed by atoms with Crippen LogP contribution in [0, 0.1) is 0 Å². The molecule has 7 heteroatoms. The monoisotopic (exact) mass is 321 g/mol. The van der Waals surface area contributed by atoms with E-state index < -0.39 is 5.54 Å². The van der Waals surface area contributed by atoms with Gasteiger partial charge >= 0.3 is 0 Å². The maximum atomic E-state index is 6.34. The lowest BCUT2D eigenvalue weighted by Crippen LogP contribution is -2.45. The first kappa shape index (κ1) is 16.3. The van der Waals surface area contributed by atoms with E-state index in [0.29, 0.717) is 23.9 Å². The Kier molecular flexibility index (Phi) is 5.05. The zero-order chi connectivity index (χ0) is 16.2.